The maximum Gasteiger partial charge on any atom is 0.267 e. The van der Waals surface area contributed by atoms with E-state index in [0.29, 0.717) is 21.2 Å². The minimum atomic E-state index is -3.28. The fourth-order valence-corrected chi connectivity index (χ4v) is 4.46. The van der Waals surface area contributed by atoms with Gasteiger partial charge in [-0.15, -0.1) is 11.3 Å². The predicted octanol–water partition coefficient (Wildman–Crippen LogP) is 4.52. The first-order chi connectivity index (χ1) is 11.3. The van der Waals surface area contributed by atoms with Crippen LogP contribution in [0.4, 0.5) is 5.69 Å². The van der Waals surface area contributed by atoms with Gasteiger partial charge in [0.25, 0.3) is 5.91 Å². The lowest BCUT2D eigenvalue weighted by Gasteiger charge is -2.09. The number of carbonyl (C=O) groups is 1. The van der Waals surface area contributed by atoms with Crippen LogP contribution in [0.3, 0.4) is 0 Å². The standard InChI is InChI=1S/C17H14ClNO3S2/c1-10-9-11(24(2,21)22)7-8-13(10)19-17(20)16-15(18)12-5-3-4-6-14(12)23-16/h3-9H,1-2H3,(H,19,20). The molecule has 0 aliphatic carbocycles. The first kappa shape index (κ1) is 17.0. The zero-order valence-electron chi connectivity index (χ0n) is 13.0. The quantitative estimate of drug-likeness (QED) is 0.727. The van der Waals surface area contributed by atoms with Crippen molar-refractivity contribution in [3.63, 3.8) is 0 Å². The highest BCUT2D eigenvalue weighted by Crippen LogP contribution is 2.35. The van der Waals surface area contributed by atoms with E-state index < -0.39 is 9.84 Å². The van der Waals surface area contributed by atoms with Crippen molar-refractivity contribution in [2.75, 3.05) is 11.6 Å². The molecule has 0 atom stereocenters. The summed E-state index contributed by atoms with van der Waals surface area (Å²) in [4.78, 5) is 13.2. The molecule has 1 aromatic heterocycles. The average molecular weight is 380 g/mol. The molecule has 0 bridgehead atoms. The van der Waals surface area contributed by atoms with Gasteiger partial charge < -0.3 is 5.32 Å². The number of hydrogen-bond acceptors (Lipinski definition) is 4. The zero-order chi connectivity index (χ0) is 17.5. The molecule has 3 aromatic rings. The molecule has 1 heterocycles. The maximum absolute atomic E-state index is 12.5. The number of aryl methyl sites for hydroxylation is 1. The molecule has 0 spiro atoms. The molecule has 0 unspecified atom stereocenters. The number of amides is 1. The van der Waals surface area contributed by atoms with E-state index in [1.165, 1.54) is 23.5 Å². The Morgan fingerprint density at radius 3 is 2.50 bits per heavy atom. The molecule has 0 saturated heterocycles. The number of sulfone groups is 1. The van der Waals surface area contributed by atoms with Crippen LogP contribution in [0.15, 0.2) is 47.4 Å². The molecule has 0 aliphatic rings. The number of benzene rings is 2. The fraction of sp³-hybridized carbons (Fsp3) is 0.118. The number of halogens is 1. The normalized spacial score (nSPS) is 11.6. The number of carbonyl (C=O) groups excluding carboxylic acids is 1. The van der Waals surface area contributed by atoms with Crippen LogP contribution in [0.2, 0.25) is 5.02 Å². The summed E-state index contributed by atoms with van der Waals surface area (Å²) >= 11 is 7.64. The second-order valence-corrected chi connectivity index (χ2v) is 8.89. The Bertz CT molecular complexity index is 1050. The monoisotopic (exact) mass is 379 g/mol. The van der Waals surface area contributed by atoms with Gasteiger partial charge in [0, 0.05) is 22.0 Å². The molecule has 0 saturated carbocycles. The van der Waals surface area contributed by atoms with Gasteiger partial charge >= 0.3 is 0 Å². The molecule has 0 fully saturated rings. The van der Waals surface area contributed by atoms with Gasteiger partial charge in [0.1, 0.15) is 4.88 Å². The van der Waals surface area contributed by atoms with Crippen LogP contribution in [-0.2, 0) is 9.84 Å². The zero-order valence-corrected chi connectivity index (χ0v) is 15.3. The van der Waals surface area contributed by atoms with Gasteiger partial charge in [-0.25, -0.2) is 8.42 Å². The minimum Gasteiger partial charge on any atom is -0.321 e. The van der Waals surface area contributed by atoms with Crippen LogP contribution in [0, 0.1) is 6.92 Å². The molecule has 24 heavy (non-hydrogen) atoms. The van der Waals surface area contributed by atoms with Gasteiger partial charge in [0.15, 0.2) is 9.84 Å². The Labute approximate surface area is 149 Å². The van der Waals surface area contributed by atoms with E-state index in [0.717, 1.165) is 16.3 Å². The van der Waals surface area contributed by atoms with E-state index >= 15 is 0 Å². The third-order valence-corrected chi connectivity index (χ3v) is 6.40. The van der Waals surface area contributed by atoms with Crippen LogP contribution in [0.25, 0.3) is 10.1 Å². The third-order valence-electron chi connectivity index (χ3n) is 3.62. The molecular weight excluding hydrogens is 366 g/mol. The smallest absolute Gasteiger partial charge is 0.267 e. The number of hydrogen-bond donors (Lipinski definition) is 1. The molecule has 2 aromatic carbocycles. The molecular formula is C17H14ClNO3S2. The largest absolute Gasteiger partial charge is 0.321 e. The lowest BCUT2D eigenvalue weighted by atomic mass is 10.2. The second-order valence-electron chi connectivity index (χ2n) is 5.44. The van der Waals surface area contributed by atoms with Gasteiger partial charge in [-0.2, -0.15) is 0 Å². The van der Waals surface area contributed by atoms with Crippen molar-refractivity contribution < 1.29 is 13.2 Å². The molecule has 7 heteroatoms. The molecule has 3 rings (SSSR count). The van der Waals surface area contributed by atoms with Crippen molar-refractivity contribution in [1.82, 2.24) is 0 Å². The van der Waals surface area contributed by atoms with Crippen LogP contribution in [-0.4, -0.2) is 20.6 Å². The summed E-state index contributed by atoms with van der Waals surface area (Å²) in [5.74, 6) is -0.309. The summed E-state index contributed by atoms with van der Waals surface area (Å²) in [6.07, 6.45) is 1.15. The molecule has 0 radical (unpaired) electrons. The Balaban J connectivity index is 1.93. The lowest BCUT2D eigenvalue weighted by Crippen LogP contribution is -2.12. The van der Waals surface area contributed by atoms with Crippen LogP contribution < -0.4 is 5.32 Å². The van der Waals surface area contributed by atoms with Gasteiger partial charge in [0.2, 0.25) is 0 Å². The summed E-state index contributed by atoms with van der Waals surface area (Å²) in [5, 5.41) is 4.07. The lowest BCUT2D eigenvalue weighted by molar-refractivity contribution is 0.103. The first-order valence-corrected chi connectivity index (χ1v) is 10.1. The van der Waals surface area contributed by atoms with Gasteiger partial charge in [-0.05, 0) is 36.8 Å². The molecule has 0 aliphatic heterocycles. The summed E-state index contributed by atoms with van der Waals surface area (Å²) < 4.78 is 24.1. The Kier molecular flexibility index (Phi) is 4.38. The number of anilines is 1. The second kappa shape index (κ2) is 6.20. The SMILES string of the molecule is Cc1cc(S(C)(=O)=O)ccc1NC(=O)c1sc2ccccc2c1Cl. The van der Waals surface area contributed by atoms with Crippen LogP contribution in [0.5, 0.6) is 0 Å². The molecule has 4 nitrogen and oxygen atoms in total. The highest BCUT2D eigenvalue weighted by atomic mass is 35.5. The van der Waals surface area contributed by atoms with E-state index in [9.17, 15) is 13.2 Å². The number of fused-ring (bicyclic) bond motifs is 1. The van der Waals surface area contributed by atoms with Crippen molar-refractivity contribution in [1.29, 1.82) is 0 Å². The first-order valence-electron chi connectivity index (χ1n) is 7.06. The van der Waals surface area contributed by atoms with Gasteiger partial charge in [0.05, 0.1) is 9.92 Å². The van der Waals surface area contributed by atoms with Crippen molar-refractivity contribution in [3.05, 3.63) is 57.9 Å². The number of thiophene rings is 1. The Morgan fingerprint density at radius 1 is 1.17 bits per heavy atom. The molecule has 124 valence electrons. The number of rotatable bonds is 3. The van der Waals surface area contributed by atoms with Gasteiger partial charge in [-0.3, -0.25) is 4.79 Å². The third kappa shape index (κ3) is 3.17. The summed E-state index contributed by atoms with van der Waals surface area (Å²) in [7, 11) is -3.28. The number of nitrogens with one attached hydrogen (secondary N) is 1. The van der Waals surface area contributed by atoms with Crippen molar-refractivity contribution in [3.8, 4) is 0 Å². The molecule has 1 N–H and O–H groups in total. The van der Waals surface area contributed by atoms with Crippen molar-refractivity contribution in [2.45, 2.75) is 11.8 Å². The highest BCUT2D eigenvalue weighted by Gasteiger charge is 2.18. The minimum absolute atomic E-state index is 0.220. The maximum atomic E-state index is 12.5. The topological polar surface area (TPSA) is 63.2 Å². The van der Waals surface area contributed by atoms with Gasteiger partial charge in [-0.1, -0.05) is 29.8 Å². The van der Waals surface area contributed by atoms with Crippen molar-refractivity contribution in [2.24, 2.45) is 0 Å². The van der Waals surface area contributed by atoms with E-state index in [-0.39, 0.29) is 10.8 Å². The Hall–Kier alpha value is -1.89. The summed E-state index contributed by atoms with van der Waals surface area (Å²) in [6.45, 7) is 1.75. The average Bonchev–Trinajstić information content (AvgIpc) is 2.86. The van der Waals surface area contributed by atoms with E-state index in [4.69, 9.17) is 11.6 Å². The van der Waals surface area contributed by atoms with Crippen LogP contribution in [0.1, 0.15) is 15.2 Å². The van der Waals surface area contributed by atoms with E-state index in [1.807, 2.05) is 24.3 Å². The highest BCUT2D eigenvalue weighted by molar-refractivity contribution is 7.90. The van der Waals surface area contributed by atoms with E-state index in [2.05, 4.69) is 5.32 Å². The van der Waals surface area contributed by atoms with Crippen LogP contribution >= 0.6 is 22.9 Å². The fourth-order valence-electron chi connectivity index (χ4n) is 2.35. The summed E-state index contributed by atoms with van der Waals surface area (Å²) in [5.41, 5.74) is 1.23. The Morgan fingerprint density at radius 2 is 1.88 bits per heavy atom. The summed E-state index contributed by atoms with van der Waals surface area (Å²) in [6, 6.07) is 12.2. The van der Waals surface area contributed by atoms with E-state index in [1.54, 1.807) is 13.0 Å². The molecule has 1 amide bonds. The van der Waals surface area contributed by atoms with Crippen molar-refractivity contribution >= 4 is 54.5 Å². The predicted molar refractivity (Wildman–Crippen MR) is 99.1 cm³/mol.